The Hall–Kier alpha value is -1.35. The van der Waals surface area contributed by atoms with Crippen LogP contribution in [-0.4, -0.2) is 38.2 Å². The first-order valence-electron chi connectivity index (χ1n) is 12.1. The lowest BCUT2D eigenvalue weighted by Gasteiger charge is -2.40. The molecule has 34 heavy (non-hydrogen) atoms. The topological polar surface area (TPSA) is 57.7 Å². The summed E-state index contributed by atoms with van der Waals surface area (Å²) in [7, 11) is -0.759. The average molecular weight is 524 g/mol. The van der Waals surface area contributed by atoms with E-state index in [-0.39, 0.29) is 17.2 Å². The summed E-state index contributed by atoms with van der Waals surface area (Å²) in [5.74, 6) is 1.51. The van der Waals surface area contributed by atoms with Gasteiger partial charge in [-0.3, -0.25) is 0 Å². The zero-order valence-electron chi connectivity index (χ0n) is 22.0. The van der Waals surface area contributed by atoms with E-state index < -0.39 is 14.3 Å². The molecule has 0 bridgehead atoms. The Balaban J connectivity index is 2.14. The summed E-state index contributed by atoms with van der Waals surface area (Å²) in [6.07, 6.45) is 4.47. The molecule has 5 nitrogen and oxygen atoms in total. The fourth-order valence-corrected chi connectivity index (χ4v) is 6.26. The van der Waals surface area contributed by atoms with Crippen LogP contribution in [0.4, 0.5) is 0 Å². The van der Waals surface area contributed by atoms with Gasteiger partial charge in [-0.25, -0.2) is 9.78 Å². The quantitative estimate of drug-likeness (QED) is 0.114. The number of thioether (sulfide) groups is 1. The van der Waals surface area contributed by atoms with Crippen LogP contribution < -0.4 is 4.74 Å². The average Bonchev–Trinajstić information content (AvgIpc) is 3.27. The molecule has 1 aromatic heterocycles. The predicted molar refractivity (Wildman–Crippen MR) is 146 cm³/mol. The standard InChI is InChI=1S/C26H41NO4S2Si/c1-9-10-11-12-17-32-21-15-13-20(14-16-21)30-19(2)23(31-34(7,8)26(3,4)5)24-27-22(18-33-24)25(28)29-6/h13-16,18-19,23H,9-12,17H2,1-8H3. The molecular weight excluding hydrogens is 483 g/mol. The fraction of sp³-hybridized carbons (Fsp3) is 0.615. The van der Waals surface area contributed by atoms with Crippen molar-refractivity contribution < 1.29 is 18.7 Å². The van der Waals surface area contributed by atoms with Crippen molar-refractivity contribution in [1.29, 1.82) is 0 Å². The maximum atomic E-state index is 12.0. The summed E-state index contributed by atoms with van der Waals surface area (Å²) in [4.78, 5) is 17.8. The third-order valence-corrected chi connectivity index (χ3v) is 12.7. The number of benzene rings is 1. The number of thiazole rings is 1. The fourth-order valence-electron chi connectivity index (χ4n) is 3.07. The van der Waals surface area contributed by atoms with Gasteiger partial charge >= 0.3 is 5.97 Å². The Bertz CT molecular complexity index is 893. The number of ether oxygens (including phenoxy) is 2. The van der Waals surface area contributed by atoms with E-state index in [0.29, 0.717) is 5.69 Å². The van der Waals surface area contributed by atoms with Crippen LogP contribution in [-0.2, 0) is 9.16 Å². The summed E-state index contributed by atoms with van der Waals surface area (Å²) >= 11 is 3.30. The van der Waals surface area contributed by atoms with Crippen molar-refractivity contribution in [2.45, 2.75) is 95.5 Å². The molecule has 2 rings (SSSR count). The molecule has 0 spiro atoms. The summed E-state index contributed by atoms with van der Waals surface area (Å²) in [5, 5.41) is 2.49. The van der Waals surface area contributed by atoms with Crippen LogP contribution >= 0.6 is 23.1 Å². The number of carbonyl (C=O) groups is 1. The van der Waals surface area contributed by atoms with Gasteiger partial charge in [-0.15, -0.1) is 23.1 Å². The minimum atomic E-state index is -2.12. The normalized spacial score (nSPS) is 14.0. The van der Waals surface area contributed by atoms with Gasteiger partial charge in [0.1, 0.15) is 23.0 Å². The number of aromatic nitrogens is 1. The van der Waals surface area contributed by atoms with Crippen molar-refractivity contribution >= 4 is 37.4 Å². The van der Waals surface area contributed by atoms with Crippen LogP contribution in [0.2, 0.25) is 18.1 Å². The molecule has 0 radical (unpaired) electrons. The van der Waals surface area contributed by atoms with Gasteiger partial charge in [0, 0.05) is 10.3 Å². The lowest BCUT2D eigenvalue weighted by atomic mass is 10.2. The maximum absolute atomic E-state index is 12.0. The molecule has 190 valence electrons. The summed E-state index contributed by atoms with van der Waals surface area (Å²) in [6, 6.07) is 8.29. The molecule has 1 aromatic carbocycles. The van der Waals surface area contributed by atoms with Crippen LogP contribution in [0.25, 0.3) is 0 Å². The zero-order valence-corrected chi connectivity index (χ0v) is 24.6. The zero-order chi connectivity index (χ0) is 25.4. The monoisotopic (exact) mass is 523 g/mol. The summed E-state index contributed by atoms with van der Waals surface area (Å²) in [6.45, 7) is 15.3. The maximum Gasteiger partial charge on any atom is 0.357 e. The lowest BCUT2D eigenvalue weighted by Crippen LogP contribution is -2.44. The number of nitrogens with zero attached hydrogens (tertiary/aromatic N) is 1. The molecular formula is C26H41NO4S2Si. The first-order valence-corrected chi connectivity index (χ1v) is 16.9. The molecule has 0 aliphatic rings. The van der Waals surface area contributed by atoms with Crippen molar-refractivity contribution in [3.63, 3.8) is 0 Å². The highest BCUT2D eigenvalue weighted by Crippen LogP contribution is 2.41. The van der Waals surface area contributed by atoms with Gasteiger partial charge in [0.25, 0.3) is 0 Å². The third kappa shape index (κ3) is 8.39. The van der Waals surface area contributed by atoms with Gasteiger partial charge in [-0.2, -0.15) is 0 Å². The van der Waals surface area contributed by atoms with E-state index in [4.69, 9.17) is 13.9 Å². The second-order valence-electron chi connectivity index (χ2n) is 10.1. The highest BCUT2D eigenvalue weighted by atomic mass is 32.2. The first kappa shape index (κ1) is 28.9. The van der Waals surface area contributed by atoms with E-state index >= 15 is 0 Å². The molecule has 8 heteroatoms. The number of hydrogen-bond donors (Lipinski definition) is 0. The minimum Gasteiger partial charge on any atom is -0.488 e. The number of esters is 1. The van der Waals surface area contributed by atoms with Crippen LogP contribution in [0, 0.1) is 0 Å². The predicted octanol–water partition coefficient (Wildman–Crippen LogP) is 8.13. The third-order valence-electron chi connectivity index (χ3n) is 6.23. The smallest absolute Gasteiger partial charge is 0.357 e. The molecule has 0 saturated heterocycles. The summed E-state index contributed by atoms with van der Waals surface area (Å²) < 4.78 is 17.9. The minimum absolute atomic E-state index is 0.0312. The number of carbonyl (C=O) groups excluding carboxylic acids is 1. The molecule has 0 N–H and O–H groups in total. The first-order chi connectivity index (χ1) is 16.0. The highest BCUT2D eigenvalue weighted by molar-refractivity contribution is 7.99. The van der Waals surface area contributed by atoms with Gasteiger partial charge in [-0.05, 0) is 61.5 Å². The molecule has 2 aromatic rings. The van der Waals surface area contributed by atoms with Crippen molar-refractivity contribution in [3.05, 3.63) is 40.3 Å². The molecule has 0 aliphatic heterocycles. The Labute approximate surface area is 215 Å². The summed E-state index contributed by atoms with van der Waals surface area (Å²) in [5.41, 5.74) is 0.304. The van der Waals surface area contributed by atoms with Gasteiger partial charge in [0.2, 0.25) is 0 Å². The van der Waals surface area contributed by atoms with Crippen molar-refractivity contribution in [2.75, 3.05) is 12.9 Å². The van der Waals surface area contributed by atoms with E-state index in [9.17, 15) is 4.79 Å². The number of rotatable bonds is 13. The van der Waals surface area contributed by atoms with Gasteiger partial charge < -0.3 is 13.9 Å². The van der Waals surface area contributed by atoms with E-state index in [1.54, 1.807) is 5.38 Å². The number of unbranched alkanes of at least 4 members (excludes halogenated alkanes) is 3. The molecule has 1 heterocycles. The second kappa shape index (κ2) is 13.1. The van der Waals surface area contributed by atoms with Crippen LogP contribution in [0.5, 0.6) is 5.75 Å². The van der Waals surface area contributed by atoms with E-state index in [1.165, 1.54) is 49.0 Å². The number of methoxy groups -OCH3 is 1. The van der Waals surface area contributed by atoms with Crippen LogP contribution in [0.1, 0.15) is 81.9 Å². The van der Waals surface area contributed by atoms with Crippen LogP contribution in [0.15, 0.2) is 34.5 Å². The molecule has 0 amide bonds. The largest absolute Gasteiger partial charge is 0.488 e. The van der Waals surface area contributed by atoms with E-state index in [0.717, 1.165) is 16.5 Å². The molecule has 0 fully saturated rings. The molecule has 0 saturated carbocycles. The molecule has 2 atom stereocenters. The SMILES string of the molecule is CCCCCCSc1ccc(OC(C)C(O[Si](C)(C)C(C)(C)C)c2nc(C(=O)OC)cs2)cc1. The van der Waals surface area contributed by atoms with Gasteiger partial charge in [-0.1, -0.05) is 47.0 Å². The van der Waals surface area contributed by atoms with E-state index in [2.05, 4.69) is 57.9 Å². The molecule has 0 aliphatic carbocycles. The Morgan fingerprint density at radius 1 is 1.15 bits per heavy atom. The van der Waals surface area contributed by atoms with Gasteiger partial charge in [0.15, 0.2) is 14.0 Å². The second-order valence-corrected chi connectivity index (χ2v) is 16.9. The Kier molecular flexibility index (Phi) is 11.1. The van der Waals surface area contributed by atoms with Crippen molar-refractivity contribution in [1.82, 2.24) is 4.98 Å². The van der Waals surface area contributed by atoms with Crippen molar-refractivity contribution in [3.8, 4) is 5.75 Å². The number of hydrogen-bond acceptors (Lipinski definition) is 7. The van der Waals surface area contributed by atoms with Crippen LogP contribution in [0.3, 0.4) is 0 Å². The molecule has 2 unspecified atom stereocenters. The Morgan fingerprint density at radius 2 is 1.82 bits per heavy atom. The van der Waals surface area contributed by atoms with E-state index in [1.807, 2.05) is 30.8 Å². The van der Waals surface area contributed by atoms with Crippen molar-refractivity contribution in [2.24, 2.45) is 0 Å². The Morgan fingerprint density at radius 3 is 2.41 bits per heavy atom. The van der Waals surface area contributed by atoms with Gasteiger partial charge in [0.05, 0.1) is 7.11 Å². The lowest BCUT2D eigenvalue weighted by molar-refractivity contribution is 0.0532. The highest BCUT2D eigenvalue weighted by Gasteiger charge is 2.42.